The first-order valence-corrected chi connectivity index (χ1v) is 12.6. The largest absolute Gasteiger partial charge is 0.493 e. The van der Waals surface area contributed by atoms with Crippen molar-refractivity contribution in [2.45, 2.75) is 44.4 Å². The summed E-state index contributed by atoms with van der Waals surface area (Å²) in [6, 6.07) is 9.92. The Kier molecular flexibility index (Phi) is 8.25. The molecule has 0 radical (unpaired) electrons. The molecule has 1 aliphatic carbocycles. The Hall–Kier alpha value is -2.13. The average Bonchev–Trinajstić information content (AvgIpc) is 3.57. The van der Waals surface area contributed by atoms with Gasteiger partial charge < -0.3 is 24.2 Å². The zero-order valence-electron chi connectivity index (χ0n) is 19.4. The van der Waals surface area contributed by atoms with Crippen molar-refractivity contribution >= 4 is 17.2 Å². The highest BCUT2D eigenvalue weighted by Crippen LogP contribution is 2.36. The van der Waals surface area contributed by atoms with Crippen LogP contribution in [-0.2, 0) is 16.0 Å². The molecule has 1 aliphatic heterocycles. The summed E-state index contributed by atoms with van der Waals surface area (Å²) in [6.45, 7) is 4.58. The topological polar surface area (TPSA) is 71.5 Å². The molecule has 4 rings (SSSR count). The Labute approximate surface area is 199 Å². The van der Waals surface area contributed by atoms with Gasteiger partial charge in [0.05, 0.1) is 32.4 Å². The van der Waals surface area contributed by atoms with Crippen LogP contribution in [0.4, 0.5) is 0 Å². The number of ether oxygens (including phenoxy) is 3. The highest BCUT2D eigenvalue weighted by atomic mass is 32.1. The number of nitrogens with zero attached hydrogens (tertiary/aromatic N) is 2. The minimum Gasteiger partial charge on any atom is -0.493 e. The first-order valence-electron chi connectivity index (χ1n) is 11.7. The first-order chi connectivity index (χ1) is 16.1. The molecule has 1 amide bonds. The van der Waals surface area contributed by atoms with Crippen molar-refractivity contribution in [1.29, 1.82) is 0 Å². The molecule has 2 atom stereocenters. The summed E-state index contributed by atoms with van der Waals surface area (Å²) >= 11 is 1.74. The van der Waals surface area contributed by atoms with Gasteiger partial charge in [0.2, 0.25) is 5.91 Å². The number of aliphatic hydroxyl groups excluding tert-OH is 1. The number of benzene rings is 1. The van der Waals surface area contributed by atoms with Gasteiger partial charge in [-0.25, -0.2) is 0 Å². The fraction of sp³-hybridized carbons (Fsp3) is 0.560. The van der Waals surface area contributed by atoms with E-state index < -0.39 is 6.10 Å². The Morgan fingerprint density at radius 2 is 2.06 bits per heavy atom. The molecule has 180 valence electrons. The van der Waals surface area contributed by atoms with Crippen LogP contribution in [0.3, 0.4) is 0 Å². The predicted octanol–water partition coefficient (Wildman–Crippen LogP) is 3.12. The third kappa shape index (κ3) is 6.06. The van der Waals surface area contributed by atoms with Crippen molar-refractivity contribution in [2.75, 3.05) is 46.6 Å². The van der Waals surface area contributed by atoms with Gasteiger partial charge in [-0.2, -0.15) is 0 Å². The number of rotatable bonds is 12. The highest BCUT2D eigenvalue weighted by Gasteiger charge is 2.36. The molecule has 0 bridgehead atoms. The number of thiophene rings is 1. The minimum absolute atomic E-state index is 0.0796. The van der Waals surface area contributed by atoms with Crippen LogP contribution in [0.15, 0.2) is 35.7 Å². The number of hydrogen-bond acceptors (Lipinski definition) is 7. The zero-order chi connectivity index (χ0) is 23.2. The maximum absolute atomic E-state index is 13.5. The van der Waals surface area contributed by atoms with Crippen LogP contribution in [0.2, 0.25) is 0 Å². The monoisotopic (exact) mass is 474 g/mol. The van der Waals surface area contributed by atoms with Crippen LogP contribution >= 0.6 is 11.3 Å². The summed E-state index contributed by atoms with van der Waals surface area (Å²) in [5.74, 6) is 1.43. The second kappa shape index (κ2) is 11.3. The summed E-state index contributed by atoms with van der Waals surface area (Å²) in [5.41, 5.74) is 1.17. The van der Waals surface area contributed by atoms with E-state index in [0.29, 0.717) is 57.0 Å². The molecule has 8 heteroatoms. The number of para-hydroxylation sites is 2. The summed E-state index contributed by atoms with van der Waals surface area (Å²) in [7, 11) is 1.63. The summed E-state index contributed by atoms with van der Waals surface area (Å²) in [5, 5.41) is 12.4. The number of aliphatic hydroxyl groups is 1. The number of methoxy groups -OCH3 is 1. The molecule has 1 saturated carbocycles. The number of hydrogen-bond donors (Lipinski definition) is 1. The molecule has 2 aromatic rings. The molecular formula is C25H34N2O5S. The molecule has 1 aromatic carbocycles. The molecule has 0 spiro atoms. The van der Waals surface area contributed by atoms with E-state index in [-0.39, 0.29) is 11.9 Å². The van der Waals surface area contributed by atoms with Gasteiger partial charge in [0, 0.05) is 30.6 Å². The number of amides is 1. The smallest absolute Gasteiger partial charge is 0.237 e. The molecule has 2 unspecified atom stereocenters. The van der Waals surface area contributed by atoms with E-state index in [1.54, 1.807) is 18.4 Å². The van der Waals surface area contributed by atoms with Gasteiger partial charge in [0.1, 0.15) is 6.61 Å². The average molecular weight is 475 g/mol. The van der Waals surface area contributed by atoms with E-state index in [4.69, 9.17) is 14.2 Å². The molecule has 1 aromatic heterocycles. The highest BCUT2D eigenvalue weighted by molar-refractivity contribution is 7.10. The molecule has 2 heterocycles. The van der Waals surface area contributed by atoms with Gasteiger partial charge in [0.25, 0.3) is 0 Å². The van der Waals surface area contributed by atoms with E-state index >= 15 is 0 Å². The lowest BCUT2D eigenvalue weighted by molar-refractivity contribution is -0.136. The second-order valence-electron chi connectivity index (χ2n) is 8.59. The standard InChI is InChI=1S/C25H34N2O5S/c1-3-31-16-19(28)14-26(18-8-9-18)15-25(29)27-12-10-24-20(11-13-33-24)21(27)17-32-23-7-5-4-6-22(23)30-2/h4-7,11,13,18-19,21,28H,3,8-10,12,14-17H2,1-2H3. The Morgan fingerprint density at radius 3 is 2.79 bits per heavy atom. The summed E-state index contributed by atoms with van der Waals surface area (Å²) < 4.78 is 16.9. The van der Waals surface area contributed by atoms with Gasteiger partial charge in [-0.15, -0.1) is 11.3 Å². The van der Waals surface area contributed by atoms with Crippen LogP contribution in [0, 0.1) is 0 Å². The van der Waals surface area contributed by atoms with Gasteiger partial charge in [0.15, 0.2) is 11.5 Å². The van der Waals surface area contributed by atoms with E-state index in [2.05, 4.69) is 16.3 Å². The third-order valence-corrected chi connectivity index (χ3v) is 7.24. The van der Waals surface area contributed by atoms with Gasteiger partial charge in [-0.1, -0.05) is 12.1 Å². The van der Waals surface area contributed by atoms with Crippen LogP contribution in [0.5, 0.6) is 11.5 Å². The van der Waals surface area contributed by atoms with Crippen molar-refractivity contribution in [2.24, 2.45) is 0 Å². The fourth-order valence-electron chi connectivity index (χ4n) is 4.41. The molecule has 1 fully saturated rings. The van der Waals surface area contributed by atoms with Gasteiger partial charge in [-0.3, -0.25) is 9.69 Å². The van der Waals surface area contributed by atoms with Gasteiger partial charge >= 0.3 is 0 Å². The van der Waals surface area contributed by atoms with Crippen molar-refractivity contribution < 1.29 is 24.1 Å². The SMILES string of the molecule is CCOCC(O)CN(CC(=O)N1CCc2sccc2C1COc1ccccc1OC)C1CC1. The predicted molar refractivity (Wildman–Crippen MR) is 128 cm³/mol. The van der Waals surface area contributed by atoms with E-state index in [1.807, 2.05) is 36.1 Å². The Morgan fingerprint density at radius 1 is 1.27 bits per heavy atom. The van der Waals surface area contributed by atoms with E-state index in [1.165, 1.54) is 10.4 Å². The van der Waals surface area contributed by atoms with Crippen LogP contribution < -0.4 is 9.47 Å². The van der Waals surface area contributed by atoms with Crippen molar-refractivity contribution in [3.63, 3.8) is 0 Å². The normalized spacial score (nSPS) is 18.8. The lowest BCUT2D eigenvalue weighted by Crippen LogP contribution is -2.48. The Balaban J connectivity index is 1.45. The maximum atomic E-state index is 13.5. The van der Waals surface area contributed by atoms with Crippen LogP contribution in [0.25, 0.3) is 0 Å². The molecule has 2 aliphatic rings. The fourth-order valence-corrected chi connectivity index (χ4v) is 5.33. The number of carbonyl (C=O) groups excluding carboxylic acids is 1. The minimum atomic E-state index is -0.590. The molecule has 33 heavy (non-hydrogen) atoms. The van der Waals surface area contributed by atoms with Gasteiger partial charge in [-0.05, 0) is 55.3 Å². The summed E-state index contributed by atoms with van der Waals surface area (Å²) in [6.07, 6.45) is 2.42. The summed E-state index contributed by atoms with van der Waals surface area (Å²) in [4.78, 5) is 18.9. The number of fused-ring (bicyclic) bond motifs is 1. The Bertz CT molecular complexity index is 916. The second-order valence-corrected chi connectivity index (χ2v) is 9.59. The van der Waals surface area contributed by atoms with Crippen LogP contribution in [-0.4, -0.2) is 79.5 Å². The first kappa shape index (κ1) is 24.0. The molecule has 0 saturated heterocycles. The maximum Gasteiger partial charge on any atom is 0.237 e. The van der Waals surface area contributed by atoms with Crippen molar-refractivity contribution in [3.05, 3.63) is 46.2 Å². The van der Waals surface area contributed by atoms with Crippen molar-refractivity contribution in [3.8, 4) is 11.5 Å². The van der Waals surface area contributed by atoms with E-state index in [0.717, 1.165) is 19.3 Å². The lowest BCUT2D eigenvalue weighted by Gasteiger charge is -2.37. The van der Waals surface area contributed by atoms with E-state index in [9.17, 15) is 9.90 Å². The molecule has 1 N–H and O–H groups in total. The van der Waals surface area contributed by atoms with Crippen LogP contribution in [0.1, 0.15) is 36.2 Å². The zero-order valence-corrected chi connectivity index (χ0v) is 20.3. The van der Waals surface area contributed by atoms with Crippen molar-refractivity contribution in [1.82, 2.24) is 9.80 Å². The number of carbonyl (C=O) groups is 1. The lowest BCUT2D eigenvalue weighted by atomic mass is 10.0. The molecular weight excluding hydrogens is 440 g/mol. The quantitative estimate of drug-likeness (QED) is 0.510. The third-order valence-electron chi connectivity index (χ3n) is 6.24. The molecule has 7 nitrogen and oxygen atoms in total.